The summed E-state index contributed by atoms with van der Waals surface area (Å²) in [5, 5.41) is 17.9. The van der Waals surface area contributed by atoms with E-state index in [1.807, 2.05) is 0 Å². The van der Waals surface area contributed by atoms with Crippen LogP contribution >= 0.6 is 0 Å². The molecule has 0 aromatic carbocycles. The van der Waals surface area contributed by atoms with E-state index in [0.29, 0.717) is 6.42 Å². The summed E-state index contributed by atoms with van der Waals surface area (Å²) in [6, 6.07) is 0. The second kappa shape index (κ2) is 27.9. The molecule has 0 bridgehead atoms. The summed E-state index contributed by atoms with van der Waals surface area (Å²) >= 11 is 0. The van der Waals surface area contributed by atoms with E-state index in [4.69, 9.17) is 9.84 Å². The number of aliphatic hydroxyl groups is 1. The number of aliphatic carboxylic acids is 1. The fourth-order valence-corrected chi connectivity index (χ4v) is 4.89. The number of hydrogen-bond acceptors (Lipinski definition) is 5. The molecule has 0 fully saturated rings. The van der Waals surface area contributed by atoms with Gasteiger partial charge in [0.05, 0.1) is 0 Å². The van der Waals surface area contributed by atoms with Gasteiger partial charge in [-0.2, -0.15) is 0 Å². The maximum absolute atomic E-state index is 12.3. The Morgan fingerprint density at radius 1 is 0.622 bits per heavy atom. The molecule has 0 saturated heterocycles. The van der Waals surface area contributed by atoms with Crippen LogP contribution < -0.4 is 0 Å². The van der Waals surface area contributed by atoms with Crippen LogP contribution in [0.5, 0.6) is 0 Å². The molecule has 0 heterocycles. The Morgan fingerprint density at radius 2 is 1.14 bits per heavy atom. The molecule has 0 spiro atoms. The smallest absolute Gasteiger partial charge is 0.306 e. The van der Waals surface area contributed by atoms with Gasteiger partial charge in [0.15, 0.2) is 0 Å². The molecule has 0 aliphatic carbocycles. The first kappa shape index (κ1) is 35.9. The molecule has 0 aliphatic heterocycles. The van der Waals surface area contributed by atoms with Crippen LogP contribution in [0.2, 0.25) is 0 Å². The summed E-state index contributed by atoms with van der Waals surface area (Å²) in [5.41, 5.74) is 0. The van der Waals surface area contributed by atoms with Gasteiger partial charge in [0.25, 0.3) is 0 Å². The largest absolute Gasteiger partial charge is 0.481 e. The van der Waals surface area contributed by atoms with E-state index in [2.05, 4.69) is 18.7 Å². The number of ether oxygens (including phenoxy) is 1. The van der Waals surface area contributed by atoms with Crippen molar-refractivity contribution in [2.24, 2.45) is 0 Å². The zero-order valence-electron chi connectivity index (χ0n) is 24.5. The highest BCUT2D eigenvalue weighted by atomic mass is 16.5. The summed E-state index contributed by atoms with van der Waals surface area (Å²) in [7, 11) is 0. The van der Waals surface area contributed by atoms with Gasteiger partial charge in [-0.3, -0.25) is 9.59 Å². The number of nitrogens with zero attached hydrogens (tertiary/aromatic N) is 1. The number of carboxylic acid groups (broad SMARTS) is 1. The van der Waals surface area contributed by atoms with E-state index in [9.17, 15) is 14.7 Å². The number of carbonyl (C=O) groups is 2. The molecule has 6 nitrogen and oxygen atoms in total. The Bertz CT molecular complexity index is 514. The molecule has 0 rings (SSSR count). The van der Waals surface area contributed by atoms with Gasteiger partial charge in [-0.15, -0.1) is 0 Å². The number of carbonyl (C=O) groups excluding carboxylic acids is 1. The summed E-state index contributed by atoms with van der Waals surface area (Å²) in [4.78, 5) is 25.3. The SMILES string of the molecule is CCCCCCCCC(CCC)OC(=O)CCCCCCCN(CCCO)CCCCCCCC(=O)O. The van der Waals surface area contributed by atoms with Crippen molar-refractivity contribution in [2.75, 3.05) is 26.2 Å². The maximum Gasteiger partial charge on any atom is 0.306 e. The highest BCUT2D eigenvalue weighted by molar-refractivity contribution is 5.69. The topological polar surface area (TPSA) is 87.1 Å². The molecule has 0 saturated carbocycles. The second-order valence-corrected chi connectivity index (χ2v) is 10.8. The second-order valence-electron chi connectivity index (χ2n) is 10.8. The molecule has 6 heteroatoms. The van der Waals surface area contributed by atoms with Gasteiger partial charge in [-0.1, -0.05) is 90.9 Å². The Morgan fingerprint density at radius 3 is 1.70 bits per heavy atom. The van der Waals surface area contributed by atoms with Crippen molar-refractivity contribution in [3.05, 3.63) is 0 Å². The van der Waals surface area contributed by atoms with Crippen molar-refractivity contribution >= 4 is 11.9 Å². The van der Waals surface area contributed by atoms with Crippen LogP contribution in [0, 0.1) is 0 Å². The molecular weight excluding hydrogens is 466 g/mol. The van der Waals surface area contributed by atoms with Crippen molar-refractivity contribution in [2.45, 2.75) is 161 Å². The number of hydrogen-bond donors (Lipinski definition) is 2. The lowest BCUT2D eigenvalue weighted by molar-refractivity contribution is -0.150. The molecule has 37 heavy (non-hydrogen) atoms. The Labute approximate surface area is 228 Å². The van der Waals surface area contributed by atoms with Crippen LogP contribution in [0.1, 0.15) is 155 Å². The Kier molecular flexibility index (Phi) is 27.0. The molecule has 0 aliphatic rings. The van der Waals surface area contributed by atoms with E-state index in [-0.39, 0.29) is 25.1 Å². The van der Waals surface area contributed by atoms with Gasteiger partial charge in [0.2, 0.25) is 0 Å². The summed E-state index contributed by atoms with van der Waals surface area (Å²) in [5.74, 6) is -0.711. The minimum Gasteiger partial charge on any atom is -0.481 e. The molecule has 1 atom stereocenters. The van der Waals surface area contributed by atoms with E-state index in [0.717, 1.165) is 103 Å². The van der Waals surface area contributed by atoms with Crippen LogP contribution in [-0.4, -0.2) is 59.4 Å². The minimum absolute atomic E-state index is 0.0115. The third kappa shape index (κ3) is 26.3. The molecule has 0 radical (unpaired) electrons. The molecule has 2 N–H and O–H groups in total. The Hall–Kier alpha value is -1.14. The van der Waals surface area contributed by atoms with Gasteiger partial charge in [0.1, 0.15) is 6.10 Å². The standard InChI is InChI=1S/C31H61NO5/c1-3-5-6-7-10-15-22-29(21-4-2)37-31(36)24-17-12-9-14-19-26-32(27-20-28-33)25-18-13-8-11-16-23-30(34)35/h29,33H,3-28H2,1-2H3,(H,34,35). The quantitative estimate of drug-likeness (QED) is 0.0759. The van der Waals surface area contributed by atoms with Gasteiger partial charge >= 0.3 is 11.9 Å². The first-order valence-electron chi connectivity index (χ1n) is 15.8. The van der Waals surface area contributed by atoms with Crippen LogP contribution in [0.3, 0.4) is 0 Å². The van der Waals surface area contributed by atoms with Crippen LogP contribution in [-0.2, 0) is 14.3 Å². The lowest BCUT2D eigenvalue weighted by Gasteiger charge is -2.22. The molecule has 0 aromatic heterocycles. The predicted molar refractivity (Wildman–Crippen MR) is 154 cm³/mol. The van der Waals surface area contributed by atoms with Gasteiger partial charge < -0.3 is 19.8 Å². The Balaban J connectivity index is 3.87. The molecular formula is C31H61NO5. The average Bonchev–Trinajstić information content (AvgIpc) is 2.87. The van der Waals surface area contributed by atoms with Gasteiger partial charge in [-0.25, -0.2) is 0 Å². The van der Waals surface area contributed by atoms with E-state index < -0.39 is 5.97 Å². The normalized spacial score (nSPS) is 12.2. The molecule has 1 unspecified atom stereocenters. The highest BCUT2D eigenvalue weighted by Gasteiger charge is 2.13. The number of carboxylic acids is 1. The number of rotatable bonds is 29. The van der Waals surface area contributed by atoms with Crippen molar-refractivity contribution in [3.8, 4) is 0 Å². The number of esters is 1. The molecule has 220 valence electrons. The lowest BCUT2D eigenvalue weighted by atomic mass is 10.0. The monoisotopic (exact) mass is 527 g/mol. The summed E-state index contributed by atoms with van der Waals surface area (Å²) in [6.07, 6.45) is 23.1. The fraction of sp³-hybridized carbons (Fsp3) is 0.935. The number of aliphatic hydroxyl groups excluding tert-OH is 1. The highest BCUT2D eigenvalue weighted by Crippen LogP contribution is 2.16. The molecule has 0 amide bonds. The third-order valence-corrected chi connectivity index (χ3v) is 7.14. The van der Waals surface area contributed by atoms with E-state index >= 15 is 0 Å². The van der Waals surface area contributed by atoms with E-state index in [1.165, 1.54) is 44.9 Å². The van der Waals surface area contributed by atoms with E-state index in [1.54, 1.807) is 0 Å². The predicted octanol–water partition coefficient (Wildman–Crippen LogP) is 7.90. The number of unbranched alkanes of at least 4 members (excludes halogenated alkanes) is 13. The lowest BCUT2D eigenvalue weighted by Crippen LogP contribution is -2.27. The third-order valence-electron chi connectivity index (χ3n) is 7.14. The zero-order chi connectivity index (χ0) is 27.4. The van der Waals surface area contributed by atoms with Crippen molar-refractivity contribution in [1.82, 2.24) is 4.90 Å². The van der Waals surface area contributed by atoms with Crippen molar-refractivity contribution < 1.29 is 24.5 Å². The minimum atomic E-state index is -0.700. The van der Waals surface area contributed by atoms with Crippen LogP contribution in [0.4, 0.5) is 0 Å². The first-order valence-corrected chi connectivity index (χ1v) is 15.8. The first-order chi connectivity index (χ1) is 18.0. The maximum atomic E-state index is 12.3. The fourth-order valence-electron chi connectivity index (χ4n) is 4.89. The summed E-state index contributed by atoms with van der Waals surface area (Å²) in [6.45, 7) is 7.71. The van der Waals surface area contributed by atoms with Crippen molar-refractivity contribution in [1.29, 1.82) is 0 Å². The zero-order valence-corrected chi connectivity index (χ0v) is 24.5. The molecule has 0 aromatic rings. The van der Waals surface area contributed by atoms with Crippen LogP contribution in [0.15, 0.2) is 0 Å². The average molecular weight is 528 g/mol. The van der Waals surface area contributed by atoms with Crippen molar-refractivity contribution in [3.63, 3.8) is 0 Å². The van der Waals surface area contributed by atoms with Gasteiger partial charge in [-0.05, 0) is 64.5 Å². The summed E-state index contributed by atoms with van der Waals surface area (Å²) < 4.78 is 5.80. The van der Waals surface area contributed by atoms with Gasteiger partial charge in [0, 0.05) is 26.0 Å². The van der Waals surface area contributed by atoms with Crippen LogP contribution in [0.25, 0.3) is 0 Å².